The molecule has 3 amide bonds. The largest absolute Gasteiger partial charge is 0.476 e. The van der Waals surface area contributed by atoms with Crippen molar-refractivity contribution in [2.45, 2.75) is 57.1 Å². The van der Waals surface area contributed by atoms with Gasteiger partial charge in [0.25, 0.3) is 0 Å². The number of esters is 1. The number of nitrogens with zero attached hydrogens (tertiary/aromatic N) is 1. The van der Waals surface area contributed by atoms with Crippen molar-refractivity contribution < 1.29 is 33.0 Å². The van der Waals surface area contributed by atoms with Crippen LogP contribution in [0.5, 0.6) is 5.75 Å². The topological polar surface area (TPSA) is 102 Å². The number of hydrogen-bond donors (Lipinski definition) is 1. The van der Waals surface area contributed by atoms with E-state index >= 15 is 0 Å². The van der Waals surface area contributed by atoms with Crippen LogP contribution in [-0.4, -0.2) is 36.4 Å². The quantitative estimate of drug-likeness (QED) is 0.351. The van der Waals surface area contributed by atoms with Gasteiger partial charge in [0, 0.05) is 34.9 Å². The minimum absolute atomic E-state index is 0.179. The Balaban J connectivity index is 1.87. The third-order valence-corrected chi connectivity index (χ3v) is 8.63. The highest BCUT2D eigenvalue weighted by atomic mass is 35.5. The Morgan fingerprint density at radius 2 is 1.70 bits per heavy atom. The first kappa shape index (κ1) is 30.5. The lowest BCUT2D eigenvalue weighted by Crippen LogP contribution is -2.59. The van der Waals surface area contributed by atoms with Gasteiger partial charge in [-0.2, -0.15) is 0 Å². The van der Waals surface area contributed by atoms with E-state index < -0.39 is 52.5 Å². The molecule has 1 saturated heterocycles. The number of aryl methyl sites for hydroxylation is 1. The van der Waals surface area contributed by atoms with Crippen molar-refractivity contribution in [1.82, 2.24) is 5.32 Å². The maximum atomic E-state index is 14.9. The number of nitrogens with one attached hydrogen (secondary N) is 1. The molecule has 3 aromatic carbocycles. The Hall–Kier alpha value is -3.95. The van der Waals surface area contributed by atoms with Gasteiger partial charge in [-0.25, -0.2) is 14.1 Å². The first-order valence-corrected chi connectivity index (χ1v) is 14.3. The molecule has 0 bridgehead atoms. The number of benzene rings is 3. The lowest BCUT2D eigenvalue weighted by molar-refractivity contribution is -0.156. The maximum Gasteiger partial charge on any atom is 0.349 e. The van der Waals surface area contributed by atoms with Crippen LogP contribution in [0.3, 0.4) is 0 Å². The number of ether oxygens (including phenoxy) is 2. The van der Waals surface area contributed by atoms with Gasteiger partial charge < -0.3 is 14.8 Å². The molecule has 0 unspecified atom stereocenters. The van der Waals surface area contributed by atoms with Crippen LogP contribution in [0.15, 0.2) is 54.6 Å². The Morgan fingerprint density at radius 3 is 2.37 bits per heavy atom. The first-order valence-electron chi connectivity index (χ1n) is 13.5. The minimum atomic E-state index is -1.68. The van der Waals surface area contributed by atoms with Crippen molar-refractivity contribution in [2.24, 2.45) is 0 Å². The number of methoxy groups -OCH3 is 1. The summed E-state index contributed by atoms with van der Waals surface area (Å²) in [5, 5.41) is 3.51. The van der Waals surface area contributed by atoms with Crippen LogP contribution in [0.1, 0.15) is 61.4 Å². The monoisotopic (exact) mass is 626 g/mol. The van der Waals surface area contributed by atoms with Crippen LogP contribution >= 0.6 is 23.2 Å². The molecule has 2 aliphatic heterocycles. The van der Waals surface area contributed by atoms with Gasteiger partial charge in [-0.15, -0.1) is 0 Å². The molecule has 0 aromatic heterocycles. The highest BCUT2D eigenvalue weighted by Gasteiger charge is 2.64. The predicted octanol–water partition coefficient (Wildman–Crippen LogP) is 5.95. The van der Waals surface area contributed by atoms with Crippen LogP contribution in [0.2, 0.25) is 10.0 Å². The molecule has 0 saturated carbocycles. The molecule has 224 valence electrons. The molecule has 1 N–H and O–H groups in total. The summed E-state index contributed by atoms with van der Waals surface area (Å²) in [6, 6.07) is 12.5. The fourth-order valence-electron chi connectivity index (χ4n) is 6.31. The standard InChI is InChI=1S/C32H29Cl2FN2O6/c1-16-6-9-20(35)14-21(16)28-32(23-10-7-19(34)13-25(23)37(17(2)38)29(32)40)24(15-27(39)36-28)22-12-18(33)8-11-26(22)43-31(3,4)30(41)42-5/h6-14,24,28H,15H2,1-5H3,(H,36,39)/t24-,28+,32-/m1/s1. The van der Waals surface area contributed by atoms with Gasteiger partial charge in [0.1, 0.15) is 17.0 Å². The highest BCUT2D eigenvalue weighted by Crippen LogP contribution is 2.60. The van der Waals surface area contributed by atoms with E-state index in [2.05, 4.69) is 5.32 Å². The molecule has 0 aliphatic carbocycles. The summed E-state index contributed by atoms with van der Waals surface area (Å²) in [4.78, 5) is 55.1. The van der Waals surface area contributed by atoms with Gasteiger partial charge in [-0.05, 0) is 79.9 Å². The van der Waals surface area contributed by atoms with E-state index in [-0.39, 0.29) is 27.9 Å². The SMILES string of the molecule is COC(=O)C(C)(C)Oc1ccc(Cl)cc1[C@H]1CC(=O)N[C@@H](c2cc(F)ccc2C)[C@]12C(=O)N(C(C)=O)c1cc(Cl)ccc12. The smallest absolute Gasteiger partial charge is 0.349 e. The number of piperidine rings is 1. The summed E-state index contributed by atoms with van der Waals surface area (Å²) in [6.45, 7) is 6.05. The maximum absolute atomic E-state index is 14.9. The van der Waals surface area contributed by atoms with Crippen molar-refractivity contribution >= 4 is 52.6 Å². The number of anilines is 1. The van der Waals surface area contributed by atoms with Crippen LogP contribution in [0.25, 0.3) is 0 Å². The molecule has 2 heterocycles. The van der Waals surface area contributed by atoms with E-state index in [1.54, 1.807) is 43.3 Å². The Bertz CT molecular complexity index is 1690. The van der Waals surface area contributed by atoms with Crippen molar-refractivity contribution in [1.29, 1.82) is 0 Å². The molecule has 1 spiro atoms. The van der Waals surface area contributed by atoms with Gasteiger partial charge in [-0.1, -0.05) is 35.3 Å². The molecule has 2 aliphatic rings. The van der Waals surface area contributed by atoms with E-state index in [0.29, 0.717) is 22.3 Å². The Kier molecular flexibility index (Phi) is 7.77. The van der Waals surface area contributed by atoms with Crippen molar-refractivity contribution in [2.75, 3.05) is 12.0 Å². The third kappa shape index (κ3) is 4.94. The minimum Gasteiger partial charge on any atom is -0.476 e. The van der Waals surface area contributed by atoms with E-state index in [4.69, 9.17) is 32.7 Å². The zero-order valence-electron chi connectivity index (χ0n) is 24.1. The molecule has 3 atom stereocenters. The van der Waals surface area contributed by atoms with Crippen LogP contribution in [0, 0.1) is 12.7 Å². The fourth-order valence-corrected chi connectivity index (χ4v) is 6.65. The van der Waals surface area contributed by atoms with E-state index in [9.17, 15) is 23.6 Å². The summed E-state index contributed by atoms with van der Waals surface area (Å²) in [5.41, 5.74) is -1.16. The molecule has 11 heteroatoms. The summed E-state index contributed by atoms with van der Waals surface area (Å²) in [5.74, 6) is -3.65. The lowest BCUT2D eigenvalue weighted by Gasteiger charge is -2.47. The molecule has 3 aromatic rings. The number of carbonyl (C=O) groups excluding carboxylic acids is 4. The van der Waals surface area contributed by atoms with Gasteiger partial charge >= 0.3 is 5.97 Å². The Morgan fingerprint density at radius 1 is 1.02 bits per heavy atom. The average molecular weight is 627 g/mol. The second-order valence-electron chi connectivity index (χ2n) is 11.2. The molecule has 43 heavy (non-hydrogen) atoms. The normalized spacial score (nSPS) is 21.4. The van der Waals surface area contributed by atoms with Gasteiger partial charge in [0.15, 0.2) is 5.60 Å². The molecule has 1 fully saturated rings. The zero-order chi connectivity index (χ0) is 31.4. The number of amides is 3. The predicted molar refractivity (Wildman–Crippen MR) is 159 cm³/mol. The number of fused-ring (bicyclic) bond motifs is 2. The van der Waals surface area contributed by atoms with E-state index in [0.717, 1.165) is 4.90 Å². The summed E-state index contributed by atoms with van der Waals surface area (Å²) >= 11 is 12.9. The highest BCUT2D eigenvalue weighted by molar-refractivity contribution is 6.32. The summed E-state index contributed by atoms with van der Waals surface area (Å²) in [6.07, 6.45) is -0.222. The number of hydrogen-bond acceptors (Lipinski definition) is 6. The van der Waals surface area contributed by atoms with Crippen molar-refractivity contribution in [3.63, 3.8) is 0 Å². The van der Waals surface area contributed by atoms with Gasteiger partial charge in [0.05, 0.1) is 18.8 Å². The first-order chi connectivity index (χ1) is 20.2. The van der Waals surface area contributed by atoms with Crippen molar-refractivity contribution in [3.05, 3.63) is 92.7 Å². The van der Waals surface area contributed by atoms with Crippen LogP contribution in [-0.2, 0) is 29.3 Å². The van der Waals surface area contributed by atoms with E-state index in [1.165, 1.54) is 46.1 Å². The second kappa shape index (κ2) is 11.0. The summed E-state index contributed by atoms with van der Waals surface area (Å²) < 4.78 is 25.9. The van der Waals surface area contributed by atoms with Crippen LogP contribution in [0.4, 0.5) is 10.1 Å². The molecular weight excluding hydrogens is 598 g/mol. The van der Waals surface area contributed by atoms with Crippen molar-refractivity contribution in [3.8, 4) is 5.75 Å². The van der Waals surface area contributed by atoms with E-state index in [1.807, 2.05) is 0 Å². The fraction of sp³-hybridized carbons (Fsp3) is 0.312. The molecular formula is C32H29Cl2FN2O6. The molecule has 8 nitrogen and oxygen atoms in total. The third-order valence-electron chi connectivity index (χ3n) is 8.16. The number of carbonyl (C=O) groups is 4. The number of imide groups is 1. The van der Waals surface area contributed by atoms with Gasteiger partial charge in [-0.3, -0.25) is 14.4 Å². The zero-order valence-corrected chi connectivity index (χ0v) is 25.6. The second-order valence-corrected chi connectivity index (χ2v) is 12.1. The van der Waals surface area contributed by atoms with Crippen LogP contribution < -0.4 is 15.0 Å². The van der Waals surface area contributed by atoms with Gasteiger partial charge in [0.2, 0.25) is 17.7 Å². The average Bonchev–Trinajstić information content (AvgIpc) is 3.19. The molecule has 5 rings (SSSR count). The lowest BCUT2D eigenvalue weighted by atomic mass is 9.58. The summed E-state index contributed by atoms with van der Waals surface area (Å²) in [7, 11) is 1.23. The Labute approximate surface area is 258 Å². The number of rotatable bonds is 5. The number of halogens is 3. The molecule has 0 radical (unpaired) electrons.